The fourth-order valence-corrected chi connectivity index (χ4v) is 5.37. The van der Waals surface area contributed by atoms with Crippen molar-refractivity contribution in [2.24, 2.45) is 0 Å². The van der Waals surface area contributed by atoms with Crippen LogP contribution in [-0.2, 0) is 11.4 Å². The van der Waals surface area contributed by atoms with Crippen molar-refractivity contribution >= 4 is 40.5 Å². The molecule has 1 heterocycles. The lowest BCUT2D eigenvalue weighted by molar-refractivity contribution is -0.121. The van der Waals surface area contributed by atoms with E-state index in [2.05, 4.69) is 10.6 Å². The zero-order valence-electron chi connectivity index (χ0n) is 24.0. The third kappa shape index (κ3) is 5.50. The van der Waals surface area contributed by atoms with Crippen LogP contribution in [0.3, 0.4) is 0 Å². The van der Waals surface area contributed by atoms with Crippen molar-refractivity contribution in [3.63, 3.8) is 0 Å². The van der Waals surface area contributed by atoms with Crippen molar-refractivity contribution in [1.82, 2.24) is 0 Å². The minimum absolute atomic E-state index is 0.0523. The highest BCUT2D eigenvalue weighted by Gasteiger charge is 2.38. The molecule has 0 spiro atoms. The summed E-state index contributed by atoms with van der Waals surface area (Å²) in [7, 11) is 3.28. The summed E-state index contributed by atoms with van der Waals surface area (Å²) in [5.74, 6) is 0.0321. The molecular weight excluding hydrogens is 557 g/mol. The fraction of sp³-hybridized carbons (Fsp3) is 0.212. The number of methoxy groups -OCH3 is 1. The SMILES string of the molecule is COc1cc(NC(=O)c2ccccc2Cl)ccc1-c1ccc2c(c1COc1cc(F)ccc1C)N(C)C(=O)C(C)(C)N2. The van der Waals surface area contributed by atoms with Crippen LogP contribution < -0.4 is 25.0 Å². The number of nitrogens with zero attached hydrogens (tertiary/aromatic N) is 1. The third-order valence-electron chi connectivity index (χ3n) is 7.29. The molecule has 5 rings (SSSR count). The van der Waals surface area contributed by atoms with Crippen LogP contribution in [0.1, 0.15) is 35.3 Å². The maximum Gasteiger partial charge on any atom is 0.257 e. The quantitative estimate of drug-likeness (QED) is 0.235. The molecule has 1 aliphatic rings. The Kier molecular flexibility index (Phi) is 7.84. The first-order valence-corrected chi connectivity index (χ1v) is 13.7. The van der Waals surface area contributed by atoms with Gasteiger partial charge in [-0.15, -0.1) is 0 Å². The van der Waals surface area contributed by atoms with Gasteiger partial charge in [-0.2, -0.15) is 0 Å². The van der Waals surface area contributed by atoms with Crippen molar-refractivity contribution < 1.29 is 23.5 Å². The number of carbonyl (C=O) groups is 2. The lowest BCUT2D eigenvalue weighted by Gasteiger charge is -2.39. The van der Waals surface area contributed by atoms with E-state index in [0.29, 0.717) is 39.0 Å². The van der Waals surface area contributed by atoms with Crippen LogP contribution in [0.4, 0.5) is 21.5 Å². The number of likely N-dealkylation sites (N-methyl/N-ethyl adjacent to an activating group) is 1. The Labute approximate surface area is 249 Å². The van der Waals surface area contributed by atoms with Gasteiger partial charge in [0.2, 0.25) is 0 Å². The number of nitrogens with one attached hydrogen (secondary N) is 2. The largest absolute Gasteiger partial charge is 0.496 e. The van der Waals surface area contributed by atoms with Crippen molar-refractivity contribution in [2.75, 3.05) is 29.7 Å². The smallest absolute Gasteiger partial charge is 0.257 e. The monoisotopic (exact) mass is 587 g/mol. The predicted molar refractivity (Wildman–Crippen MR) is 164 cm³/mol. The van der Waals surface area contributed by atoms with Gasteiger partial charge in [0.25, 0.3) is 11.8 Å². The Morgan fingerprint density at radius 2 is 1.76 bits per heavy atom. The number of aryl methyl sites for hydroxylation is 1. The van der Waals surface area contributed by atoms with Crippen LogP contribution in [-0.4, -0.2) is 31.5 Å². The van der Waals surface area contributed by atoms with Crippen molar-refractivity contribution in [1.29, 1.82) is 0 Å². The van der Waals surface area contributed by atoms with E-state index in [9.17, 15) is 14.0 Å². The topological polar surface area (TPSA) is 79.9 Å². The molecule has 216 valence electrons. The van der Waals surface area contributed by atoms with Crippen molar-refractivity contribution in [2.45, 2.75) is 32.9 Å². The molecule has 2 N–H and O–H groups in total. The molecule has 1 aliphatic heterocycles. The van der Waals surface area contributed by atoms with Crippen LogP contribution in [0.2, 0.25) is 5.02 Å². The van der Waals surface area contributed by atoms with Gasteiger partial charge in [-0.3, -0.25) is 9.59 Å². The number of rotatable bonds is 7. The summed E-state index contributed by atoms with van der Waals surface area (Å²) in [6, 6.07) is 20.4. The number of benzene rings is 4. The number of halogens is 2. The maximum atomic E-state index is 14.0. The van der Waals surface area contributed by atoms with Gasteiger partial charge in [0.15, 0.2) is 0 Å². The number of amides is 2. The van der Waals surface area contributed by atoms with Gasteiger partial charge in [-0.05, 0) is 68.3 Å². The zero-order valence-corrected chi connectivity index (χ0v) is 24.7. The molecule has 0 saturated carbocycles. The van der Waals surface area contributed by atoms with E-state index in [-0.39, 0.29) is 18.4 Å². The van der Waals surface area contributed by atoms with E-state index in [0.717, 1.165) is 22.4 Å². The number of carbonyl (C=O) groups excluding carboxylic acids is 2. The highest BCUT2D eigenvalue weighted by atomic mass is 35.5. The fourth-order valence-electron chi connectivity index (χ4n) is 5.14. The molecular formula is C33H31ClFN3O4. The number of ether oxygens (including phenoxy) is 2. The molecule has 0 saturated heterocycles. The van der Waals surface area contributed by atoms with E-state index in [1.807, 2.05) is 39.0 Å². The standard InChI is InChI=1S/C33H31ClFN3O4/c1-19-10-11-20(35)16-28(19)42-18-25-22(14-15-27-30(25)38(4)32(40)33(2,3)37-27)23-13-12-21(17-29(23)41-5)36-31(39)24-8-6-7-9-26(24)34/h6-17,37H,18H2,1-5H3,(H,36,39). The Bertz CT molecular complexity index is 1710. The van der Waals surface area contributed by atoms with Gasteiger partial charge < -0.3 is 25.0 Å². The molecule has 0 aliphatic carbocycles. The van der Waals surface area contributed by atoms with E-state index < -0.39 is 11.4 Å². The second-order valence-electron chi connectivity index (χ2n) is 10.6. The maximum absolute atomic E-state index is 14.0. The molecule has 2 amide bonds. The summed E-state index contributed by atoms with van der Waals surface area (Å²) in [6.45, 7) is 5.55. The van der Waals surface area contributed by atoms with Gasteiger partial charge in [0.1, 0.15) is 29.5 Å². The highest BCUT2D eigenvalue weighted by Crippen LogP contribution is 2.45. The first-order valence-electron chi connectivity index (χ1n) is 13.4. The Balaban J connectivity index is 1.58. The molecule has 0 bridgehead atoms. The average molecular weight is 588 g/mol. The van der Waals surface area contributed by atoms with Gasteiger partial charge in [0, 0.05) is 36.0 Å². The van der Waals surface area contributed by atoms with Gasteiger partial charge >= 0.3 is 0 Å². The molecule has 0 radical (unpaired) electrons. The van der Waals surface area contributed by atoms with Crippen molar-refractivity contribution in [3.8, 4) is 22.6 Å². The summed E-state index contributed by atoms with van der Waals surface area (Å²) in [5, 5.41) is 6.56. The first kappa shape index (κ1) is 29.0. The molecule has 9 heteroatoms. The van der Waals surface area contributed by atoms with Crippen LogP contribution in [0.15, 0.2) is 72.8 Å². The Hall–Kier alpha value is -4.56. The van der Waals surface area contributed by atoms with Crippen LogP contribution >= 0.6 is 11.6 Å². The lowest BCUT2D eigenvalue weighted by atomic mass is 9.91. The van der Waals surface area contributed by atoms with E-state index in [1.165, 1.54) is 12.1 Å². The summed E-state index contributed by atoms with van der Waals surface area (Å²) in [5.41, 5.74) is 4.45. The average Bonchev–Trinajstić information content (AvgIpc) is 2.96. The molecule has 0 atom stereocenters. The molecule has 0 aromatic heterocycles. The molecule has 0 fully saturated rings. The second-order valence-corrected chi connectivity index (χ2v) is 11.1. The molecule has 7 nitrogen and oxygen atoms in total. The van der Waals surface area contributed by atoms with Crippen molar-refractivity contribution in [3.05, 3.63) is 100 Å². The molecule has 0 unspecified atom stereocenters. The third-order valence-corrected chi connectivity index (χ3v) is 7.62. The molecule has 4 aromatic rings. The minimum atomic E-state index is -0.806. The normalized spacial score (nSPS) is 13.7. The lowest BCUT2D eigenvalue weighted by Crippen LogP contribution is -2.52. The number of anilines is 3. The molecule has 4 aromatic carbocycles. The summed E-state index contributed by atoms with van der Waals surface area (Å²) < 4.78 is 26.0. The number of hydrogen-bond acceptors (Lipinski definition) is 5. The Morgan fingerprint density at radius 1 is 1.02 bits per heavy atom. The van der Waals surface area contributed by atoms with Gasteiger partial charge in [0.05, 0.1) is 29.1 Å². The van der Waals surface area contributed by atoms with E-state index in [4.69, 9.17) is 21.1 Å². The van der Waals surface area contributed by atoms with Crippen LogP contribution in [0.25, 0.3) is 11.1 Å². The van der Waals surface area contributed by atoms with E-state index in [1.54, 1.807) is 61.5 Å². The first-order chi connectivity index (χ1) is 20.0. The number of fused-ring (bicyclic) bond motifs is 1. The predicted octanol–water partition coefficient (Wildman–Crippen LogP) is 7.46. The zero-order chi connectivity index (χ0) is 30.2. The molecule has 42 heavy (non-hydrogen) atoms. The minimum Gasteiger partial charge on any atom is -0.496 e. The Morgan fingerprint density at radius 3 is 2.50 bits per heavy atom. The summed E-state index contributed by atoms with van der Waals surface area (Å²) >= 11 is 6.21. The van der Waals surface area contributed by atoms with Crippen LogP contribution in [0, 0.1) is 12.7 Å². The summed E-state index contributed by atoms with van der Waals surface area (Å²) in [4.78, 5) is 27.8. The summed E-state index contributed by atoms with van der Waals surface area (Å²) in [6.07, 6.45) is 0. The van der Waals surface area contributed by atoms with Gasteiger partial charge in [-0.1, -0.05) is 35.9 Å². The van der Waals surface area contributed by atoms with E-state index >= 15 is 0 Å². The highest BCUT2D eigenvalue weighted by molar-refractivity contribution is 6.34. The van der Waals surface area contributed by atoms with Crippen LogP contribution in [0.5, 0.6) is 11.5 Å². The number of hydrogen-bond donors (Lipinski definition) is 2. The van der Waals surface area contributed by atoms with Gasteiger partial charge in [-0.25, -0.2) is 4.39 Å². The second kappa shape index (κ2) is 11.4.